The minimum Gasteiger partial charge on any atom is -0.349 e. The predicted molar refractivity (Wildman–Crippen MR) is 75.5 cm³/mol. The number of pyridine rings is 1. The maximum absolute atomic E-state index is 12.1. The van der Waals surface area contributed by atoms with Crippen molar-refractivity contribution in [2.24, 2.45) is 0 Å². The van der Waals surface area contributed by atoms with E-state index >= 15 is 0 Å². The SMILES string of the molecule is CCCc1cc(C(=O)NC2CCC2)c(=O)[nH]c1CC. The van der Waals surface area contributed by atoms with Crippen LogP contribution in [0.15, 0.2) is 10.9 Å². The number of aryl methyl sites for hydroxylation is 2. The molecule has 19 heavy (non-hydrogen) atoms. The zero-order valence-electron chi connectivity index (χ0n) is 11.7. The zero-order chi connectivity index (χ0) is 13.8. The molecule has 0 atom stereocenters. The number of aromatic nitrogens is 1. The van der Waals surface area contributed by atoms with Gasteiger partial charge in [-0.2, -0.15) is 0 Å². The molecule has 0 aromatic carbocycles. The molecular formula is C15H22N2O2. The van der Waals surface area contributed by atoms with Crippen molar-refractivity contribution >= 4 is 5.91 Å². The Morgan fingerprint density at radius 1 is 1.42 bits per heavy atom. The Balaban J connectivity index is 2.25. The van der Waals surface area contributed by atoms with E-state index in [0.717, 1.165) is 49.8 Å². The topological polar surface area (TPSA) is 62.0 Å². The van der Waals surface area contributed by atoms with Gasteiger partial charge in [-0.25, -0.2) is 0 Å². The highest BCUT2D eigenvalue weighted by Crippen LogP contribution is 2.18. The molecule has 1 fully saturated rings. The van der Waals surface area contributed by atoms with E-state index in [1.165, 1.54) is 0 Å². The van der Waals surface area contributed by atoms with Crippen molar-refractivity contribution in [1.82, 2.24) is 10.3 Å². The summed E-state index contributed by atoms with van der Waals surface area (Å²) in [5.74, 6) is -0.231. The largest absolute Gasteiger partial charge is 0.349 e. The van der Waals surface area contributed by atoms with E-state index in [0.29, 0.717) is 0 Å². The minimum atomic E-state index is -0.270. The lowest BCUT2D eigenvalue weighted by Gasteiger charge is -2.26. The Bertz CT molecular complexity index is 515. The molecule has 0 spiro atoms. The predicted octanol–water partition coefficient (Wildman–Crippen LogP) is 2.17. The summed E-state index contributed by atoms with van der Waals surface area (Å²) in [6, 6.07) is 2.03. The van der Waals surface area contributed by atoms with Crippen molar-refractivity contribution in [2.45, 2.75) is 58.4 Å². The molecule has 1 aliphatic rings. The highest BCUT2D eigenvalue weighted by Gasteiger charge is 2.22. The molecule has 2 N–H and O–H groups in total. The standard InChI is InChI=1S/C15H22N2O2/c1-3-6-10-9-12(15(19)17-13(10)4-2)14(18)16-11-7-5-8-11/h9,11H,3-8H2,1-2H3,(H,16,18)(H,17,19). The van der Waals surface area contributed by atoms with Gasteiger partial charge in [-0.1, -0.05) is 20.3 Å². The van der Waals surface area contributed by atoms with Gasteiger partial charge < -0.3 is 10.3 Å². The van der Waals surface area contributed by atoms with Gasteiger partial charge in [-0.3, -0.25) is 9.59 Å². The van der Waals surface area contributed by atoms with E-state index in [1.807, 2.05) is 6.92 Å². The number of aromatic amines is 1. The first-order valence-corrected chi connectivity index (χ1v) is 7.21. The van der Waals surface area contributed by atoms with Gasteiger partial charge in [0.1, 0.15) is 5.56 Å². The summed E-state index contributed by atoms with van der Waals surface area (Å²) in [5.41, 5.74) is 2.02. The monoisotopic (exact) mass is 262 g/mol. The molecule has 104 valence electrons. The molecule has 0 unspecified atom stereocenters. The van der Waals surface area contributed by atoms with Crippen molar-refractivity contribution < 1.29 is 4.79 Å². The van der Waals surface area contributed by atoms with Gasteiger partial charge in [0, 0.05) is 11.7 Å². The summed E-state index contributed by atoms with van der Waals surface area (Å²) in [5, 5.41) is 2.92. The quantitative estimate of drug-likeness (QED) is 0.854. The van der Waals surface area contributed by atoms with E-state index in [2.05, 4.69) is 17.2 Å². The fourth-order valence-electron chi connectivity index (χ4n) is 2.40. The van der Waals surface area contributed by atoms with E-state index in [-0.39, 0.29) is 23.1 Å². The second kappa shape index (κ2) is 6.04. The number of carbonyl (C=O) groups excluding carboxylic acids is 1. The van der Waals surface area contributed by atoms with Gasteiger partial charge in [0.2, 0.25) is 0 Å². The smallest absolute Gasteiger partial charge is 0.261 e. The second-order valence-corrected chi connectivity index (χ2v) is 5.22. The number of nitrogens with one attached hydrogen (secondary N) is 2. The van der Waals surface area contributed by atoms with Crippen LogP contribution in [-0.4, -0.2) is 16.9 Å². The fourth-order valence-corrected chi connectivity index (χ4v) is 2.40. The third kappa shape index (κ3) is 3.06. The molecule has 2 rings (SSSR count). The molecule has 0 radical (unpaired) electrons. The second-order valence-electron chi connectivity index (χ2n) is 5.22. The first-order chi connectivity index (χ1) is 9.15. The third-order valence-electron chi connectivity index (χ3n) is 3.77. The number of rotatable bonds is 5. The van der Waals surface area contributed by atoms with Crippen molar-refractivity contribution in [1.29, 1.82) is 0 Å². The van der Waals surface area contributed by atoms with E-state index in [1.54, 1.807) is 6.07 Å². The molecule has 4 nitrogen and oxygen atoms in total. The average molecular weight is 262 g/mol. The molecule has 4 heteroatoms. The van der Waals surface area contributed by atoms with Gasteiger partial charge in [-0.15, -0.1) is 0 Å². The van der Waals surface area contributed by atoms with E-state index in [9.17, 15) is 9.59 Å². The molecule has 1 aromatic rings. The first kappa shape index (κ1) is 13.8. The van der Waals surface area contributed by atoms with Crippen LogP contribution in [0.2, 0.25) is 0 Å². The van der Waals surface area contributed by atoms with Crippen LogP contribution in [0, 0.1) is 0 Å². The number of hydrogen-bond donors (Lipinski definition) is 2. The summed E-state index contributed by atoms with van der Waals surface area (Å²) in [4.78, 5) is 26.9. The van der Waals surface area contributed by atoms with E-state index < -0.39 is 0 Å². The fraction of sp³-hybridized carbons (Fsp3) is 0.600. The summed E-state index contributed by atoms with van der Waals surface area (Å²) in [6.45, 7) is 4.11. The third-order valence-corrected chi connectivity index (χ3v) is 3.77. The molecule has 0 saturated heterocycles. The Morgan fingerprint density at radius 2 is 2.16 bits per heavy atom. The maximum atomic E-state index is 12.1. The number of H-pyrrole nitrogens is 1. The lowest BCUT2D eigenvalue weighted by Crippen LogP contribution is -2.41. The normalized spacial score (nSPS) is 15.1. The van der Waals surface area contributed by atoms with Crippen LogP contribution in [0.25, 0.3) is 0 Å². The van der Waals surface area contributed by atoms with Crippen LogP contribution in [0.3, 0.4) is 0 Å². The van der Waals surface area contributed by atoms with Crippen LogP contribution in [0.5, 0.6) is 0 Å². The summed E-state index contributed by atoms with van der Waals surface area (Å²) in [6.07, 6.45) is 5.90. The molecule has 1 saturated carbocycles. The molecule has 1 amide bonds. The molecule has 1 aromatic heterocycles. The Hall–Kier alpha value is -1.58. The Kier molecular flexibility index (Phi) is 4.40. The molecule has 0 bridgehead atoms. The summed E-state index contributed by atoms with van der Waals surface area (Å²) < 4.78 is 0. The molecule has 1 heterocycles. The number of carbonyl (C=O) groups is 1. The van der Waals surface area contributed by atoms with Crippen molar-refractivity contribution in [2.75, 3.05) is 0 Å². The van der Waals surface area contributed by atoms with Crippen LogP contribution in [0.1, 0.15) is 61.1 Å². The summed E-state index contributed by atoms with van der Waals surface area (Å²) in [7, 11) is 0. The number of amides is 1. The van der Waals surface area contributed by atoms with Crippen molar-refractivity contribution in [3.8, 4) is 0 Å². The van der Waals surface area contributed by atoms with Crippen LogP contribution >= 0.6 is 0 Å². The average Bonchev–Trinajstić information content (AvgIpc) is 2.35. The highest BCUT2D eigenvalue weighted by atomic mass is 16.2. The van der Waals surface area contributed by atoms with Crippen molar-refractivity contribution in [3.63, 3.8) is 0 Å². The van der Waals surface area contributed by atoms with Crippen LogP contribution in [-0.2, 0) is 12.8 Å². The van der Waals surface area contributed by atoms with Gasteiger partial charge in [0.05, 0.1) is 0 Å². The zero-order valence-corrected chi connectivity index (χ0v) is 11.7. The Morgan fingerprint density at radius 3 is 2.68 bits per heavy atom. The maximum Gasteiger partial charge on any atom is 0.261 e. The molecule has 1 aliphatic carbocycles. The summed E-state index contributed by atoms with van der Waals surface area (Å²) >= 11 is 0. The van der Waals surface area contributed by atoms with Gasteiger partial charge in [-0.05, 0) is 43.7 Å². The molecule has 0 aliphatic heterocycles. The van der Waals surface area contributed by atoms with Gasteiger partial charge >= 0.3 is 0 Å². The Labute approximate surface area is 113 Å². The van der Waals surface area contributed by atoms with Gasteiger partial charge in [0.25, 0.3) is 11.5 Å². The lowest BCUT2D eigenvalue weighted by molar-refractivity contribution is 0.0915. The van der Waals surface area contributed by atoms with Gasteiger partial charge in [0.15, 0.2) is 0 Å². The van der Waals surface area contributed by atoms with Crippen LogP contribution in [0.4, 0.5) is 0 Å². The lowest BCUT2D eigenvalue weighted by atomic mass is 9.93. The van der Waals surface area contributed by atoms with Crippen molar-refractivity contribution in [3.05, 3.63) is 33.2 Å². The van der Waals surface area contributed by atoms with Crippen LogP contribution < -0.4 is 10.9 Å². The van der Waals surface area contributed by atoms with E-state index in [4.69, 9.17) is 0 Å². The molecular weight excluding hydrogens is 240 g/mol. The highest BCUT2D eigenvalue weighted by molar-refractivity contribution is 5.94. The first-order valence-electron chi connectivity index (χ1n) is 7.21. The number of hydrogen-bond acceptors (Lipinski definition) is 2. The minimum absolute atomic E-state index is 0.231.